The molecule has 0 spiro atoms. The zero-order valence-corrected chi connectivity index (χ0v) is 28.5. The molecule has 3 aliphatic rings. The number of aryl methyl sites for hydroxylation is 1. The Labute approximate surface area is 282 Å². The smallest absolute Gasteiger partial charge is 0.365 e. The monoisotopic (exact) mass is 692 g/mol. The topological polar surface area (TPSA) is 91.3 Å². The molecular formula is C34H41Cl2F3N6O2. The van der Waals surface area contributed by atoms with Crippen molar-refractivity contribution < 1.29 is 22.8 Å². The van der Waals surface area contributed by atoms with Crippen LogP contribution >= 0.6 is 23.2 Å². The molecule has 1 saturated carbocycles. The van der Waals surface area contributed by atoms with Crippen molar-refractivity contribution >= 4 is 63.4 Å². The highest BCUT2D eigenvalue weighted by atomic mass is 35.5. The van der Waals surface area contributed by atoms with Crippen LogP contribution < -0.4 is 20.9 Å². The minimum absolute atomic E-state index is 0.0150. The number of carbonyl (C=O) groups is 2. The van der Waals surface area contributed by atoms with E-state index < -0.39 is 17.5 Å². The van der Waals surface area contributed by atoms with E-state index in [1.807, 2.05) is 38.5 Å². The van der Waals surface area contributed by atoms with Crippen molar-refractivity contribution in [2.45, 2.75) is 103 Å². The van der Waals surface area contributed by atoms with E-state index in [2.05, 4.69) is 20.9 Å². The van der Waals surface area contributed by atoms with E-state index in [0.717, 1.165) is 36.9 Å². The lowest BCUT2D eigenvalue weighted by Gasteiger charge is -2.31. The third-order valence-electron chi connectivity index (χ3n) is 10.0. The van der Waals surface area contributed by atoms with Gasteiger partial charge in [0.25, 0.3) is 5.91 Å². The number of nitrogens with one attached hydrogen (secondary N) is 3. The number of nitrogens with zero attached hydrogens (tertiary/aromatic N) is 3. The predicted octanol–water partition coefficient (Wildman–Crippen LogP) is 8.27. The van der Waals surface area contributed by atoms with Crippen LogP contribution in [0.5, 0.6) is 0 Å². The first-order valence-corrected chi connectivity index (χ1v) is 17.1. The molecule has 2 amide bonds. The van der Waals surface area contributed by atoms with Gasteiger partial charge in [0, 0.05) is 37.1 Å². The van der Waals surface area contributed by atoms with Gasteiger partial charge in [0.05, 0.1) is 43.9 Å². The van der Waals surface area contributed by atoms with Crippen LogP contribution in [0.25, 0.3) is 11.0 Å². The van der Waals surface area contributed by atoms with Gasteiger partial charge in [0.2, 0.25) is 11.9 Å². The molecule has 3 heterocycles. The quantitative estimate of drug-likeness (QED) is 0.232. The summed E-state index contributed by atoms with van der Waals surface area (Å²) in [6, 6.07) is 7.64. The SMILES string of the molecule is Cn1c(Nc2c(Cl)ccc(CNC(=O)C(C)(C)C)c2Cl)nc2cc(C(=O)N[C@H]3CC[C@H](C(F)(F)F)CC3)c(N3C4CCC3CC4)cc21. The lowest BCUT2D eigenvalue weighted by Crippen LogP contribution is -2.41. The van der Waals surface area contributed by atoms with Gasteiger partial charge in [0.1, 0.15) is 0 Å². The van der Waals surface area contributed by atoms with E-state index in [1.165, 1.54) is 0 Å². The number of fused-ring (bicyclic) bond motifs is 3. The van der Waals surface area contributed by atoms with Crippen molar-refractivity contribution in [3.63, 3.8) is 0 Å². The van der Waals surface area contributed by atoms with Gasteiger partial charge in [0.15, 0.2) is 0 Å². The number of anilines is 3. The van der Waals surface area contributed by atoms with E-state index in [9.17, 15) is 22.8 Å². The number of amides is 2. The Kier molecular flexibility index (Phi) is 9.10. The number of rotatable bonds is 7. The Morgan fingerprint density at radius 2 is 1.60 bits per heavy atom. The first kappa shape index (κ1) is 33.7. The zero-order valence-electron chi connectivity index (χ0n) is 27.0. The lowest BCUT2D eigenvalue weighted by molar-refractivity contribution is -0.182. The van der Waals surface area contributed by atoms with Crippen molar-refractivity contribution in [1.82, 2.24) is 20.2 Å². The highest BCUT2D eigenvalue weighted by Crippen LogP contribution is 2.44. The molecule has 2 aliphatic heterocycles. The normalized spacial score (nSPS) is 23.0. The van der Waals surface area contributed by atoms with Gasteiger partial charge in [-0.15, -0.1) is 0 Å². The van der Waals surface area contributed by atoms with Gasteiger partial charge in [-0.05, 0) is 75.1 Å². The van der Waals surface area contributed by atoms with Crippen LogP contribution in [0.15, 0.2) is 24.3 Å². The molecule has 1 aromatic heterocycles. The molecule has 1 aliphatic carbocycles. The Hall–Kier alpha value is -3.18. The molecule has 3 aromatic rings. The molecule has 0 atom stereocenters. The van der Waals surface area contributed by atoms with Gasteiger partial charge in [-0.25, -0.2) is 4.98 Å². The molecule has 47 heavy (non-hydrogen) atoms. The van der Waals surface area contributed by atoms with Gasteiger partial charge in [-0.1, -0.05) is 50.0 Å². The average molecular weight is 694 g/mol. The van der Waals surface area contributed by atoms with E-state index in [0.29, 0.717) is 63.2 Å². The highest BCUT2D eigenvalue weighted by Gasteiger charge is 2.43. The van der Waals surface area contributed by atoms with Crippen LogP contribution in [0, 0.1) is 11.3 Å². The van der Waals surface area contributed by atoms with Gasteiger partial charge >= 0.3 is 6.18 Å². The predicted molar refractivity (Wildman–Crippen MR) is 180 cm³/mol. The molecule has 2 bridgehead atoms. The summed E-state index contributed by atoms with van der Waals surface area (Å²) >= 11 is 13.4. The van der Waals surface area contributed by atoms with E-state index >= 15 is 0 Å². The summed E-state index contributed by atoms with van der Waals surface area (Å²) in [6.45, 7) is 5.73. The number of hydrogen-bond donors (Lipinski definition) is 3. The van der Waals surface area contributed by atoms with E-state index in [4.69, 9.17) is 28.2 Å². The summed E-state index contributed by atoms with van der Waals surface area (Å²) in [6.07, 6.45) is 0.661. The minimum Gasteiger partial charge on any atom is -0.365 e. The number of alkyl halides is 3. The Morgan fingerprint density at radius 3 is 2.19 bits per heavy atom. The first-order valence-electron chi connectivity index (χ1n) is 16.3. The van der Waals surface area contributed by atoms with Crippen molar-refractivity contribution in [3.8, 4) is 0 Å². The molecule has 3 N–H and O–H groups in total. The average Bonchev–Trinajstić information content (AvgIpc) is 3.70. The lowest BCUT2D eigenvalue weighted by atomic mass is 9.85. The summed E-state index contributed by atoms with van der Waals surface area (Å²) in [7, 11) is 1.87. The van der Waals surface area contributed by atoms with Crippen LogP contribution in [0.1, 0.15) is 88.1 Å². The van der Waals surface area contributed by atoms with Crippen LogP contribution in [-0.2, 0) is 18.4 Å². The number of carbonyl (C=O) groups excluding carboxylic acids is 2. The van der Waals surface area contributed by atoms with Crippen LogP contribution in [0.2, 0.25) is 10.0 Å². The molecule has 0 radical (unpaired) electrons. The standard InChI is InChI=1S/C34H41Cl2F3N6O2/c1-33(2,3)31(47)40-17-18-5-14-24(35)29(28(18)36)43-32-42-25-15-23(30(46)41-20-8-6-19(7-9-20)34(37,38)39)26(16-27(25)44(32)4)45-21-10-11-22(45)13-12-21/h5,14-16,19-22H,6-13,17H2,1-4H3,(H,40,47)(H,41,46)(H,42,43)/t19-,20-,21?,22?. The Bertz CT molecular complexity index is 1670. The molecular weight excluding hydrogens is 652 g/mol. The van der Waals surface area contributed by atoms with Gasteiger partial charge in [-0.2, -0.15) is 13.2 Å². The van der Waals surface area contributed by atoms with Crippen molar-refractivity contribution in [1.29, 1.82) is 0 Å². The van der Waals surface area contributed by atoms with Gasteiger partial charge < -0.3 is 25.4 Å². The number of imidazole rings is 1. The maximum atomic E-state index is 13.9. The largest absolute Gasteiger partial charge is 0.391 e. The maximum Gasteiger partial charge on any atom is 0.391 e. The molecule has 8 nitrogen and oxygen atoms in total. The molecule has 13 heteroatoms. The number of halogens is 5. The van der Waals surface area contributed by atoms with E-state index in [1.54, 1.807) is 18.2 Å². The second kappa shape index (κ2) is 12.7. The molecule has 254 valence electrons. The molecule has 2 saturated heterocycles. The van der Waals surface area contributed by atoms with Crippen molar-refractivity contribution in [2.24, 2.45) is 18.4 Å². The van der Waals surface area contributed by atoms with Crippen molar-refractivity contribution in [2.75, 3.05) is 10.2 Å². The number of hydrogen-bond acceptors (Lipinski definition) is 5. The first-order chi connectivity index (χ1) is 22.1. The number of benzene rings is 2. The summed E-state index contributed by atoms with van der Waals surface area (Å²) in [5.41, 5.74) is 3.26. The summed E-state index contributed by atoms with van der Waals surface area (Å²) in [5.74, 6) is -1.26. The van der Waals surface area contributed by atoms with E-state index in [-0.39, 0.29) is 37.2 Å². The fraction of sp³-hybridized carbons (Fsp3) is 0.559. The second-order valence-corrected chi connectivity index (χ2v) is 15.0. The Balaban J connectivity index is 1.30. The molecule has 3 fully saturated rings. The second-order valence-electron chi connectivity index (χ2n) is 14.2. The Morgan fingerprint density at radius 1 is 0.957 bits per heavy atom. The summed E-state index contributed by atoms with van der Waals surface area (Å²) in [4.78, 5) is 33.5. The summed E-state index contributed by atoms with van der Waals surface area (Å²) in [5, 5.41) is 9.97. The van der Waals surface area contributed by atoms with Crippen LogP contribution in [0.4, 0.5) is 30.5 Å². The van der Waals surface area contributed by atoms with Crippen molar-refractivity contribution in [3.05, 3.63) is 45.4 Å². The minimum atomic E-state index is -4.20. The fourth-order valence-corrected chi connectivity index (χ4v) is 7.80. The highest BCUT2D eigenvalue weighted by molar-refractivity contribution is 6.39. The molecule has 6 rings (SSSR count). The zero-order chi connectivity index (χ0) is 33.8. The van der Waals surface area contributed by atoms with Gasteiger partial charge in [-0.3, -0.25) is 9.59 Å². The summed E-state index contributed by atoms with van der Waals surface area (Å²) < 4.78 is 41.6. The molecule has 0 unspecified atom stereocenters. The third-order valence-corrected chi connectivity index (χ3v) is 10.8. The third kappa shape index (κ3) is 6.75. The number of aromatic nitrogens is 2. The van der Waals surface area contributed by atoms with Crippen LogP contribution in [-0.4, -0.2) is 45.7 Å². The fourth-order valence-electron chi connectivity index (χ4n) is 7.27. The maximum absolute atomic E-state index is 13.9. The van der Waals surface area contributed by atoms with Crippen LogP contribution in [0.3, 0.4) is 0 Å². The molecule has 2 aromatic carbocycles.